The molecular weight excluding hydrogens is 455 g/mol. The van der Waals surface area contributed by atoms with E-state index in [4.69, 9.17) is 10.5 Å². The lowest BCUT2D eigenvalue weighted by Crippen LogP contribution is -2.46. The molecular formula is C20H33IN4O2. The fourth-order valence-corrected chi connectivity index (χ4v) is 3.31. The number of amides is 1. The minimum Gasteiger partial charge on any atom is -0.374 e. The summed E-state index contributed by atoms with van der Waals surface area (Å²) < 4.78 is 5.68. The van der Waals surface area contributed by atoms with Gasteiger partial charge in [-0.15, -0.1) is 24.0 Å². The Morgan fingerprint density at radius 1 is 1.41 bits per heavy atom. The molecule has 3 N–H and O–H groups in total. The first kappa shape index (κ1) is 23.7. The van der Waals surface area contributed by atoms with Gasteiger partial charge in [0.15, 0.2) is 5.96 Å². The molecule has 0 saturated carbocycles. The van der Waals surface area contributed by atoms with E-state index in [1.54, 1.807) is 7.05 Å². The van der Waals surface area contributed by atoms with Crippen LogP contribution in [0.15, 0.2) is 29.3 Å². The van der Waals surface area contributed by atoms with Crippen LogP contribution in [0, 0.1) is 5.92 Å². The predicted molar refractivity (Wildman–Crippen MR) is 120 cm³/mol. The molecule has 1 unspecified atom stereocenters. The van der Waals surface area contributed by atoms with Gasteiger partial charge in [-0.25, -0.2) is 0 Å². The Bertz CT molecular complexity index is 622. The third kappa shape index (κ3) is 8.47. The topological polar surface area (TPSA) is 80.0 Å². The van der Waals surface area contributed by atoms with Crippen LogP contribution in [-0.2, 0) is 22.7 Å². The molecule has 1 aliphatic rings. The number of rotatable bonds is 7. The molecule has 7 heteroatoms. The number of ether oxygens (including phenoxy) is 1. The summed E-state index contributed by atoms with van der Waals surface area (Å²) in [4.78, 5) is 17.8. The molecule has 2 rings (SSSR count). The van der Waals surface area contributed by atoms with Crippen LogP contribution in [0.3, 0.4) is 0 Å². The Morgan fingerprint density at radius 2 is 2.15 bits per heavy atom. The molecule has 0 spiro atoms. The first-order chi connectivity index (χ1) is 12.5. The van der Waals surface area contributed by atoms with E-state index in [1.165, 1.54) is 11.1 Å². The van der Waals surface area contributed by atoms with Gasteiger partial charge >= 0.3 is 0 Å². The van der Waals surface area contributed by atoms with Crippen molar-refractivity contribution < 1.29 is 9.53 Å². The quantitative estimate of drug-likeness (QED) is 0.352. The van der Waals surface area contributed by atoms with Crippen molar-refractivity contribution in [3.63, 3.8) is 0 Å². The minimum absolute atomic E-state index is 0. The zero-order valence-electron chi connectivity index (χ0n) is 16.6. The molecule has 27 heavy (non-hydrogen) atoms. The van der Waals surface area contributed by atoms with Crippen molar-refractivity contribution in [2.24, 2.45) is 16.6 Å². The molecule has 1 aromatic carbocycles. The van der Waals surface area contributed by atoms with Gasteiger partial charge in [-0.1, -0.05) is 24.3 Å². The number of likely N-dealkylation sites (tertiary alicyclic amines) is 1. The van der Waals surface area contributed by atoms with Gasteiger partial charge in [0.05, 0.1) is 12.7 Å². The largest absolute Gasteiger partial charge is 0.374 e. The van der Waals surface area contributed by atoms with Crippen LogP contribution in [0.25, 0.3) is 0 Å². The first-order valence-electron chi connectivity index (χ1n) is 9.41. The molecule has 6 nitrogen and oxygen atoms in total. The second-order valence-corrected chi connectivity index (χ2v) is 7.21. The maximum absolute atomic E-state index is 11.2. The summed E-state index contributed by atoms with van der Waals surface area (Å²) in [5.74, 6) is 0.972. The number of primary amides is 1. The zero-order valence-corrected chi connectivity index (χ0v) is 18.9. The Morgan fingerprint density at radius 3 is 2.81 bits per heavy atom. The van der Waals surface area contributed by atoms with Crippen molar-refractivity contribution in [3.05, 3.63) is 35.4 Å². The number of hydrogen-bond donors (Lipinski definition) is 2. The highest BCUT2D eigenvalue weighted by atomic mass is 127. The summed E-state index contributed by atoms with van der Waals surface area (Å²) in [6, 6.07) is 8.41. The van der Waals surface area contributed by atoms with Crippen molar-refractivity contribution >= 4 is 35.8 Å². The molecule has 1 heterocycles. The summed E-state index contributed by atoms with van der Waals surface area (Å²) in [6.45, 7) is 7.20. The van der Waals surface area contributed by atoms with Crippen molar-refractivity contribution in [1.29, 1.82) is 0 Å². The SMILES string of the molecule is CN=C(NCc1cccc(COC(C)C)c1)N1CCCC(CC(N)=O)C1.I. The standard InChI is InChI=1S/C20H32N4O2.HI/c1-15(2)26-14-18-7-4-6-16(10-18)12-23-20(22-3)24-9-5-8-17(13-24)11-19(21)25;/h4,6-7,10,15,17H,5,8-9,11-14H2,1-3H3,(H2,21,25)(H,22,23);1H. The van der Waals surface area contributed by atoms with E-state index < -0.39 is 0 Å². The number of carbonyl (C=O) groups is 1. The Hall–Kier alpha value is -1.35. The average Bonchev–Trinajstić information content (AvgIpc) is 2.61. The number of nitrogens with zero attached hydrogens (tertiary/aromatic N) is 2. The van der Waals surface area contributed by atoms with E-state index >= 15 is 0 Å². The van der Waals surface area contributed by atoms with Gasteiger partial charge in [0.1, 0.15) is 0 Å². The smallest absolute Gasteiger partial charge is 0.217 e. The second-order valence-electron chi connectivity index (χ2n) is 7.21. The van der Waals surface area contributed by atoms with Crippen molar-refractivity contribution in [2.45, 2.75) is 52.4 Å². The summed E-state index contributed by atoms with van der Waals surface area (Å²) in [6.07, 6.45) is 2.78. The zero-order chi connectivity index (χ0) is 18.9. The number of piperidine rings is 1. The van der Waals surface area contributed by atoms with E-state index in [-0.39, 0.29) is 36.0 Å². The third-order valence-electron chi connectivity index (χ3n) is 4.55. The van der Waals surface area contributed by atoms with Crippen molar-refractivity contribution in [1.82, 2.24) is 10.2 Å². The summed E-state index contributed by atoms with van der Waals surface area (Å²) >= 11 is 0. The van der Waals surface area contributed by atoms with E-state index in [0.717, 1.165) is 31.9 Å². The first-order valence-corrected chi connectivity index (χ1v) is 9.41. The maximum Gasteiger partial charge on any atom is 0.217 e. The highest BCUT2D eigenvalue weighted by Crippen LogP contribution is 2.19. The predicted octanol–water partition coefficient (Wildman–Crippen LogP) is 2.89. The highest BCUT2D eigenvalue weighted by Gasteiger charge is 2.23. The normalized spacial score (nSPS) is 17.6. The lowest BCUT2D eigenvalue weighted by molar-refractivity contribution is -0.119. The average molecular weight is 488 g/mol. The maximum atomic E-state index is 11.2. The minimum atomic E-state index is -0.222. The lowest BCUT2D eigenvalue weighted by atomic mass is 9.95. The number of nitrogens with two attached hydrogens (primary N) is 1. The Balaban J connectivity index is 0.00000364. The van der Waals surface area contributed by atoms with Gasteiger partial charge in [0, 0.05) is 33.1 Å². The number of hydrogen-bond acceptors (Lipinski definition) is 3. The van der Waals surface area contributed by atoms with E-state index in [2.05, 4.69) is 39.5 Å². The lowest BCUT2D eigenvalue weighted by Gasteiger charge is -2.34. The van der Waals surface area contributed by atoms with E-state index in [0.29, 0.717) is 25.5 Å². The fraction of sp³-hybridized carbons (Fsp3) is 0.600. The number of nitrogens with one attached hydrogen (secondary N) is 1. The molecule has 152 valence electrons. The van der Waals surface area contributed by atoms with Gasteiger partial charge in [0.2, 0.25) is 5.91 Å². The third-order valence-corrected chi connectivity index (χ3v) is 4.55. The van der Waals surface area contributed by atoms with Crippen molar-refractivity contribution in [3.8, 4) is 0 Å². The van der Waals surface area contributed by atoms with E-state index in [1.807, 2.05) is 13.8 Å². The van der Waals surface area contributed by atoms with Crippen LogP contribution in [0.2, 0.25) is 0 Å². The molecule has 1 aliphatic heterocycles. The van der Waals surface area contributed by atoms with Crippen LogP contribution in [0.1, 0.15) is 44.2 Å². The van der Waals surface area contributed by atoms with Gasteiger partial charge in [-0.3, -0.25) is 9.79 Å². The molecule has 0 aromatic heterocycles. The molecule has 0 bridgehead atoms. The molecule has 1 aromatic rings. The van der Waals surface area contributed by atoms with Crippen LogP contribution >= 0.6 is 24.0 Å². The van der Waals surface area contributed by atoms with Crippen molar-refractivity contribution in [2.75, 3.05) is 20.1 Å². The van der Waals surface area contributed by atoms with Crippen LogP contribution < -0.4 is 11.1 Å². The monoisotopic (exact) mass is 488 g/mol. The van der Waals surface area contributed by atoms with Crippen LogP contribution in [0.4, 0.5) is 0 Å². The molecule has 0 radical (unpaired) electrons. The Labute approximate surface area is 179 Å². The molecule has 1 atom stereocenters. The second kappa shape index (κ2) is 12.2. The number of benzene rings is 1. The van der Waals surface area contributed by atoms with Crippen LogP contribution in [-0.4, -0.2) is 43.0 Å². The molecule has 1 fully saturated rings. The van der Waals surface area contributed by atoms with Crippen LogP contribution in [0.5, 0.6) is 0 Å². The number of halogens is 1. The summed E-state index contributed by atoms with van der Waals surface area (Å²) in [5.41, 5.74) is 7.73. The van der Waals surface area contributed by atoms with Gasteiger partial charge in [-0.2, -0.15) is 0 Å². The summed E-state index contributed by atoms with van der Waals surface area (Å²) in [5, 5.41) is 3.44. The fourth-order valence-electron chi connectivity index (χ4n) is 3.31. The number of aliphatic imine (C=N–C) groups is 1. The van der Waals surface area contributed by atoms with Gasteiger partial charge in [0.25, 0.3) is 0 Å². The molecule has 1 saturated heterocycles. The molecule has 1 amide bonds. The Kier molecular flexibility index (Phi) is 10.7. The number of carbonyl (C=O) groups excluding carboxylic acids is 1. The van der Waals surface area contributed by atoms with Gasteiger partial charge in [-0.05, 0) is 43.7 Å². The van der Waals surface area contributed by atoms with Gasteiger partial charge < -0.3 is 20.7 Å². The highest BCUT2D eigenvalue weighted by molar-refractivity contribution is 14.0. The summed E-state index contributed by atoms with van der Waals surface area (Å²) in [7, 11) is 1.80. The van der Waals surface area contributed by atoms with E-state index in [9.17, 15) is 4.79 Å². The number of guanidine groups is 1. The molecule has 0 aliphatic carbocycles.